The lowest BCUT2D eigenvalue weighted by atomic mass is 9.80. The van der Waals surface area contributed by atoms with E-state index < -0.39 is 23.1 Å². The molecule has 0 spiro atoms. The van der Waals surface area contributed by atoms with Crippen LogP contribution in [-0.4, -0.2) is 40.8 Å². The maximum atomic E-state index is 12.0. The van der Waals surface area contributed by atoms with Gasteiger partial charge in [0.25, 0.3) is 0 Å². The van der Waals surface area contributed by atoms with Crippen LogP contribution in [-0.2, 0) is 9.53 Å². The van der Waals surface area contributed by atoms with Crippen LogP contribution in [0.15, 0.2) is 0 Å². The van der Waals surface area contributed by atoms with Crippen molar-refractivity contribution >= 4 is 12.1 Å². The average molecular weight is 285 g/mol. The Morgan fingerprint density at radius 3 is 2.40 bits per heavy atom. The highest BCUT2D eigenvalue weighted by atomic mass is 16.6. The number of amides is 1. The van der Waals surface area contributed by atoms with E-state index in [0.29, 0.717) is 25.3 Å². The Balaban J connectivity index is 2.70. The van der Waals surface area contributed by atoms with Crippen LogP contribution in [0.3, 0.4) is 0 Å². The minimum Gasteiger partial charge on any atom is -0.481 e. The first-order chi connectivity index (χ1) is 9.06. The molecule has 5 nitrogen and oxygen atoms in total. The van der Waals surface area contributed by atoms with Gasteiger partial charge in [-0.2, -0.15) is 0 Å². The third-order valence-electron chi connectivity index (χ3n) is 3.66. The standard InChI is InChI=1S/C15H27NO4/c1-11(2)6-7-15(12(17)18)8-9-16(10-15)13(19)20-14(3,4)5/h11H,6-10H2,1-5H3,(H,17,18). The monoisotopic (exact) mass is 285 g/mol. The highest BCUT2D eigenvalue weighted by molar-refractivity contribution is 5.78. The lowest BCUT2D eigenvalue weighted by Crippen LogP contribution is -2.39. The Hall–Kier alpha value is -1.26. The molecule has 1 saturated heterocycles. The van der Waals surface area contributed by atoms with Crippen LogP contribution in [0.25, 0.3) is 0 Å². The van der Waals surface area contributed by atoms with Crippen molar-refractivity contribution in [2.75, 3.05) is 13.1 Å². The Morgan fingerprint density at radius 2 is 1.95 bits per heavy atom. The number of carbonyl (C=O) groups is 2. The molecule has 1 aliphatic rings. The predicted molar refractivity (Wildman–Crippen MR) is 76.6 cm³/mol. The van der Waals surface area contributed by atoms with Crippen LogP contribution >= 0.6 is 0 Å². The molecule has 1 N–H and O–H groups in total. The Kier molecular flexibility index (Phi) is 5.05. The van der Waals surface area contributed by atoms with Crippen LogP contribution in [0.1, 0.15) is 53.9 Å². The summed E-state index contributed by atoms with van der Waals surface area (Å²) in [5, 5.41) is 9.53. The summed E-state index contributed by atoms with van der Waals surface area (Å²) in [6.45, 7) is 10.3. The molecule has 1 heterocycles. The Bertz CT molecular complexity index is 373. The number of rotatable bonds is 4. The smallest absolute Gasteiger partial charge is 0.410 e. The maximum Gasteiger partial charge on any atom is 0.410 e. The van der Waals surface area contributed by atoms with Gasteiger partial charge in [-0.15, -0.1) is 0 Å². The van der Waals surface area contributed by atoms with E-state index in [-0.39, 0.29) is 6.54 Å². The van der Waals surface area contributed by atoms with E-state index in [4.69, 9.17) is 4.74 Å². The number of nitrogens with zero attached hydrogens (tertiary/aromatic N) is 1. The highest BCUT2D eigenvalue weighted by Gasteiger charge is 2.46. The molecule has 0 aliphatic carbocycles. The third kappa shape index (κ3) is 4.39. The Labute approximate surface area is 121 Å². The van der Waals surface area contributed by atoms with Gasteiger partial charge in [-0.05, 0) is 46.0 Å². The number of ether oxygens (including phenoxy) is 1. The summed E-state index contributed by atoms with van der Waals surface area (Å²) in [7, 11) is 0. The number of hydrogen-bond donors (Lipinski definition) is 1. The second-order valence-electron chi connectivity index (χ2n) is 7.17. The molecule has 1 atom stereocenters. The number of carboxylic acids is 1. The molecule has 116 valence electrons. The Morgan fingerprint density at radius 1 is 1.35 bits per heavy atom. The molecule has 20 heavy (non-hydrogen) atoms. The third-order valence-corrected chi connectivity index (χ3v) is 3.66. The first-order valence-corrected chi connectivity index (χ1v) is 7.27. The van der Waals surface area contributed by atoms with Crippen molar-refractivity contribution in [3.63, 3.8) is 0 Å². The molecule has 1 fully saturated rings. The fourth-order valence-corrected chi connectivity index (χ4v) is 2.41. The molecule has 0 aromatic heterocycles. The quantitative estimate of drug-likeness (QED) is 0.861. The second-order valence-corrected chi connectivity index (χ2v) is 7.17. The van der Waals surface area contributed by atoms with E-state index in [1.54, 1.807) is 0 Å². The van der Waals surface area contributed by atoms with E-state index in [9.17, 15) is 14.7 Å². The zero-order chi connectivity index (χ0) is 15.6. The summed E-state index contributed by atoms with van der Waals surface area (Å²) in [5.74, 6) is -0.342. The molecule has 1 aliphatic heterocycles. The zero-order valence-electron chi connectivity index (χ0n) is 13.2. The van der Waals surface area contributed by atoms with Crippen molar-refractivity contribution in [3.05, 3.63) is 0 Å². The topological polar surface area (TPSA) is 66.8 Å². The van der Waals surface area contributed by atoms with Crippen molar-refractivity contribution < 1.29 is 19.4 Å². The highest BCUT2D eigenvalue weighted by Crippen LogP contribution is 2.37. The van der Waals surface area contributed by atoms with Crippen LogP contribution in [0, 0.1) is 11.3 Å². The maximum absolute atomic E-state index is 12.0. The minimum atomic E-state index is -0.804. The number of carboxylic acid groups (broad SMARTS) is 1. The van der Waals surface area contributed by atoms with Gasteiger partial charge >= 0.3 is 12.1 Å². The normalized spacial score (nSPS) is 23.2. The molecule has 1 amide bonds. The van der Waals surface area contributed by atoms with Gasteiger partial charge in [0.15, 0.2) is 0 Å². The first-order valence-electron chi connectivity index (χ1n) is 7.27. The van der Waals surface area contributed by atoms with Gasteiger partial charge in [0.1, 0.15) is 5.60 Å². The van der Waals surface area contributed by atoms with Crippen molar-refractivity contribution in [3.8, 4) is 0 Å². The summed E-state index contributed by atoms with van der Waals surface area (Å²) in [4.78, 5) is 25.2. The van der Waals surface area contributed by atoms with Crippen LogP contribution in [0.4, 0.5) is 4.79 Å². The number of hydrogen-bond acceptors (Lipinski definition) is 3. The average Bonchev–Trinajstić information content (AvgIpc) is 2.69. The number of aliphatic carboxylic acids is 1. The van der Waals surface area contributed by atoms with Gasteiger partial charge in [0.05, 0.1) is 5.41 Å². The summed E-state index contributed by atoms with van der Waals surface area (Å²) < 4.78 is 5.31. The first kappa shape index (κ1) is 16.8. The molecule has 5 heteroatoms. The van der Waals surface area contributed by atoms with Gasteiger partial charge < -0.3 is 14.7 Å². The van der Waals surface area contributed by atoms with Crippen LogP contribution in [0.2, 0.25) is 0 Å². The minimum absolute atomic E-state index is 0.254. The van der Waals surface area contributed by atoms with Crippen molar-refractivity contribution in [1.29, 1.82) is 0 Å². The zero-order valence-corrected chi connectivity index (χ0v) is 13.2. The summed E-state index contributed by atoms with van der Waals surface area (Å²) in [6.07, 6.45) is 1.56. The van der Waals surface area contributed by atoms with Gasteiger partial charge in [-0.3, -0.25) is 4.79 Å². The number of likely N-dealkylation sites (tertiary alicyclic amines) is 1. The molecule has 0 radical (unpaired) electrons. The van der Waals surface area contributed by atoms with Gasteiger partial charge in [0, 0.05) is 13.1 Å². The lowest BCUT2D eigenvalue weighted by Gasteiger charge is -2.27. The summed E-state index contributed by atoms with van der Waals surface area (Å²) in [6, 6.07) is 0. The van der Waals surface area contributed by atoms with Crippen molar-refractivity contribution in [2.24, 2.45) is 11.3 Å². The van der Waals surface area contributed by atoms with E-state index in [0.717, 1.165) is 6.42 Å². The molecule has 0 saturated carbocycles. The van der Waals surface area contributed by atoms with Gasteiger partial charge in [-0.25, -0.2) is 4.79 Å². The van der Waals surface area contributed by atoms with Crippen LogP contribution in [0.5, 0.6) is 0 Å². The van der Waals surface area contributed by atoms with E-state index in [1.165, 1.54) is 4.90 Å². The summed E-state index contributed by atoms with van der Waals surface area (Å²) >= 11 is 0. The molecule has 0 aromatic carbocycles. The molecule has 0 aromatic rings. The largest absolute Gasteiger partial charge is 0.481 e. The molecular formula is C15H27NO4. The molecule has 1 rings (SSSR count). The second kappa shape index (κ2) is 6.02. The van der Waals surface area contributed by atoms with E-state index in [1.807, 2.05) is 20.8 Å². The van der Waals surface area contributed by atoms with E-state index in [2.05, 4.69) is 13.8 Å². The van der Waals surface area contributed by atoms with Gasteiger partial charge in [0.2, 0.25) is 0 Å². The van der Waals surface area contributed by atoms with Crippen molar-refractivity contribution in [1.82, 2.24) is 4.90 Å². The predicted octanol–water partition coefficient (Wildman–Crippen LogP) is 3.13. The molecule has 1 unspecified atom stereocenters. The summed E-state index contributed by atoms with van der Waals surface area (Å²) in [5.41, 5.74) is -1.36. The van der Waals surface area contributed by atoms with Gasteiger partial charge in [-0.1, -0.05) is 13.8 Å². The molecule has 0 bridgehead atoms. The fraction of sp³-hybridized carbons (Fsp3) is 0.867. The fourth-order valence-electron chi connectivity index (χ4n) is 2.41. The van der Waals surface area contributed by atoms with E-state index >= 15 is 0 Å². The SMILES string of the molecule is CC(C)CCC1(C(=O)O)CCN(C(=O)OC(C)(C)C)C1. The molecular weight excluding hydrogens is 258 g/mol. The lowest BCUT2D eigenvalue weighted by molar-refractivity contribution is -0.148. The number of carbonyl (C=O) groups excluding carboxylic acids is 1. The van der Waals surface area contributed by atoms with Crippen molar-refractivity contribution in [2.45, 2.75) is 59.5 Å². The van der Waals surface area contributed by atoms with Crippen LogP contribution < -0.4 is 0 Å².